The summed E-state index contributed by atoms with van der Waals surface area (Å²) in [4.78, 5) is 14.7. The molecule has 1 amide bonds. The number of hydrogen-bond acceptors (Lipinski definition) is 4. The van der Waals surface area contributed by atoms with Crippen LogP contribution in [0.5, 0.6) is 0 Å². The molecule has 1 aliphatic heterocycles. The molecule has 17 heavy (non-hydrogen) atoms. The molecule has 0 spiro atoms. The number of aryl methyl sites for hydroxylation is 1. The van der Waals surface area contributed by atoms with Gasteiger partial charge in [0.25, 0.3) is 5.91 Å². The number of carbonyl (C=O) groups excluding carboxylic acids is 1. The van der Waals surface area contributed by atoms with Gasteiger partial charge in [-0.15, -0.1) is 11.3 Å². The molecule has 1 aliphatic rings. The highest BCUT2D eigenvalue weighted by Crippen LogP contribution is 2.28. The zero-order valence-electron chi connectivity index (χ0n) is 9.44. The minimum Gasteiger partial charge on any atom is -0.411 e. The summed E-state index contributed by atoms with van der Waals surface area (Å²) < 4.78 is 1.01. The second-order valence-corrected chi connectivity index (χ2v) is 6.40. The van der Waals surface area contributed by atoms with Crippen LogP contribution in [-0.2, 0) is 0 Å². The second kappa shape index (κ2) is 5.18. The Balaban J connectivity index is 2.06. The summed E-state index contributed by atoms with van der Waals surface area (Å²) >= 11 is 4.89. The van der Waals surface area contributed by atoms with Gasteiger partial charge >= 0.3 is 0 Å². The number of halogens is 1. The molecule has 1 aromatic heterocycles. The Morgan fingerprint density at radius 3 is 2.65 bits per heavy atom. The number of rotatable bonds is 1. The fraction of sp³-hybridized carbons (Fsp3) is 0.455. The van der Waals surface area contributed by atoms with Crippen molar-refractivity contribution in [3.63, 3.8) is 0 Å². The Labute approximate surface area is 112 Å². The lowest BCUT2D eigenvalue weighted by Gasteiger charge is -2.26. The minimum atomic E-state index is 0.0702. The quantitative estimate of drug-likeness (QED) is 0.639. The fourth-order valence-corrected chi connectivity index (χ4v) is 3.29. The van der Waals surface area contributed by atoms with Gasteiger partial charge < -0.3 is 10.1 Å². The molecule has 0 aliphatic carbocycles. The zero-order valence-corrected chi connectivity index (χ0v) is 11.8. The first-order chi connectivity index (χ1) is 8.11. The van der Waals surface area contributed by atoms with Gasteiger partial charge in [-0.05, 0) is 34.5 Å². The van der Waals surface area contributed by atoms with Crippen LogP contribution in [0, 0.1) is 6.92 Å². The van der Waals surface area contributed by atoms with Gasteiger partial charge in [-0.25, -0.2) is 0 Å². The first kappa shape index (κ1) is 12.6. The fourth-order valence-electron chi connectivity index (χ4n) is 1.79. The van der Waals surface area contributed by atoms with Crippen molar-refractivity contribution < 1.29 is 10.0 Å². The summed E-state index contributed by atoms with van der Waals surface area (Å²) in [6.45, 7) is 3.24. The third-order valence-corrected chi connectivity index (χ3v) is 4.96. The SMILES string of the molecule is Cc1cc(C(=O)N2CCC(=NO)CC2)sc1Br. The van der Waals surface area contributed by atoms with E-state index in [2.05, 4.69) is 21.1 Å². The maximum atomic E-state index is 12.2. The van der Waals surface area contributed by atoms with Crippen LogP contribution < -0.4 is 0 Å². The van der Waals surface area contributed by atoms with Gasteiger partial charge in [-0.3, -0.25) is 4.79 Å². The molecule has 0 aromatic carbocycles. The standard InChI is InChI=1S/C11H13BrN2O2S/c1-7-6-9(17-10(7)12)11(15)14-4-2-8(13-16)3-5-14/h6,16H,2-5H2,1H3. The van der Waals surface area contributed by atoms with E-state index in [1.165, 1.54) is 11.3 Å². The van der Waals surface area contributed by atoms with Gasteiger partial charge in [-0.2, -0.15) is 0 Å². The maximum Gasteiger partial charge on any atom is 0.263 e. The summed E-state index contributed by atoms with van der Waals surface area (Å²) in [5.74, 6) is 0.0702. The molecule has 1 aromatic rings. The Hall–Kier alpha value is -0.880. The largest absolute Gasteiger partial charge is 0.411 e. The van der Waals surface area contributed by atoms with E-state index in [1.807, 2.05) is 17.9 Å². The molecule has 1 N–H and O–H groups in total. The molecule has 92 valence electrons. The van der Waals surface area contributed by atoms with Crippen molar-refractivity contribution in [3.8, 4) is 0 Å². The summed E-state index contributed by atoms with van der Waals surface area (Å²) in [6.07, 6.45) is 1.32. The van der Waals surface area contributed by atoms with Crippen molar-refractivity contribution in [2.45, 2.75) is 19.8 Å². The number of hydrogen-bond donors (Lipinski definition) is 1. The van der Waals surface area contributed by atoms with Gasteiger partial charge in [0, 0.05) is 25.9 Å². The van der Waals surface area contributed by atoms with Gasteiger partial charge in [0.15, 0.2) is 0 Å². The highest BCUT2D eigenvalue weighted by atomic mass is 79.9. The molecule has 0 saturated carbocycles. The summed E-state index contributed by atoms with van der Waals surface area (Å²) in [5.41, 5.74) is 1.87. The first-order valence-electron chi connectivity index (χ1n) is 5.37. The first-order valence-corrected chi connectivity index (χ1v) is 6.97. The van der Waals surface area contributed by atoms with Crippen LogP contribution in [0.3, 0.4) is 0 Å². The van der Waals surface area contributed by atoms with Crippen molar-refractivity contribution in [1.29, 1.82) is 0 Å². The third-order valence-electron chi connectivity index (χ3n) is 2.84. The van der Waals surface area contributed by atoms with Crippen LogP contribution in [0.25, 0.3) is 0 Å². The van der Waals surface area contributed by atoms with Crippen LogP contribution in [0.1, 0.15) is 28.1 Å². The number of likely N-dealkylation sites (tertiary alicyclic amines) is 1. The topological polar surface area (TPSA) is 52.9 Å². The van der Waals surface area contributed by atoms with Crippen LogP contribution >= 0.6 is 27.3 Å². The maximum absolute atomic E-state index is 12.2. The summed E-state index contributed by atoms with van der Waals surface area (Å²) in [5, 5.41) is 11.9. The summed E-state index contributed by atoms with van der Waals surface area (Å²) in [6, 6.07) is 1.91. The van der Waals surface area contributed by atoms with E-state index in [0.717, 1.165) is 19.9 Å². The van der Waals surface area contributed by atoms with E-state index >= 15 is 0 Å². The Kier molecular flexibility index (Phi) is 3.83. The number of piperidine rings is 1. The summed E-state index contributed by atoms with van der Waals surface area (Å²) in [7, 11) is 0. The molecular weight excluding hydrogens is 304 g/mol. The molecule has 2 rings (SSSR count). The average Bonchev–Trinajstić information content (AvgIpc) is 2.69. The lowest BCUT2D eigenvalue weighted by Crippen LogP contribution is -2.38. The zero-order chi connectivity index (χ0) is 12.4. The van der Waals surface area contributed by atoms with Crippen LogP contribution in [-0.4, -0.2) is 34.8 Å². The molecule has 0 unspecified atom stereocenters. The molecule has 4 nitrogen and oxygen atoms in total. The van der Waals surface area contributed by atoms with E-state index in [9.17, 15) is 4.79 Å². The Bertz CT molecular complexity index is 441. The van der Waals surface area contributed by atoms with E-state index < -0.39 is 0 Å². The van der Waals surface area contributed by atoms with Crippen molar-refractivity contribution in [1.82, 2.24) is 4.90 Å². The number of amides is 1. The van der Waals surface area contributed by atoms with Crippen LogP contribution in [0.2, 0.25) is 0 Å². The van der Waals surface area contributed by atoms with E-state index in [0.29, 0.717) is 25.9 Å². The lowest BCUT2D eigenvalue weighted by atomic mass is 10.1. The Morgan fingerprint density at radius 1 is 1.53 bits per heavy atom. The van der Waals surface area contributed by atoms with E-state index in [1.54, 1.807) is 0 Å². The normalized spacial score (nSPS) is 16.1. The monoisotopic (exact) mass is 316 g/mol. The second-order valence-electron chi connectivity index (χ2n) is 4.03. The van der Waals surface area contributed by atoms with Gasteiger partial charge in [0.2, 0.25) is 0 Å². The van der Waals surface area contributed by atoms with E-state index in [-0.39, 0.29) is 5.91 Å². The Morgan fingerprint density at radius 2 is 2.18 bits per heavy atom. The lowest BCUT2D eigenvalue weighted by molar-refractivity contribution is 0.0758. The smallest absolute Gasteiger partial charge is 0.263 e. The van der Waals surface area contributed by atoms with Crippen LogP contribution in [0.15, 0.2) is 15.0 Å². The third kappa shape index (κ3) is 2.69. The van der Waals surface area contributed by atoms with E-state index in [4.69, 9.17) is 5.21 Å². The number of carbonyl (C=O) groups is 1. The number of oxime groups is 1. The molecule has 1 fully saturated rings. The van der Waals surface area contributed by atoms with Crippen molar-refractivity contribution in [3.05, 3.63) is 20.3 Å². The molecule has 1 saturated heterocycles. The molecule has 0 bridgehead atoms. The van der Waals surface area contributed by atoms with Gasteiger partial charge in [-0.1, -0.05) is 5.16 Å². The number of nitrogens with zero attached hydrogens (tertiary/aromatic N) is 2. The highest BCUT2D eigenvalue weighted by Gasteiger charge is 2.22. The van der Waals surface area contributed by atoms with Gasteiger partial charge in [0.1, 0.15) is 0 Å². The van der Waals surface area contributed by atoms with Crippen molar-refractivity contribution in [2.24, 2.45) is 5.16 Å². The highest BCUT2D eigenvalue weighted by molar-refractivity contribution is 9.11. The molecule has 2 heterocycles. The van der Waals surface area contributed by atoms with Crippen molar-refractivity contribution in [2.75, 3.05) is 13.1 Å². The minimum absolute atomic E-state index is 0.0702. The van der Waals surface area contributed by atoms with Crippen LogP contribution in [0.4, 0.5) is 0 Å². The van der Waals surface area contributed by atoms with Gasteiger partial charge in [0.05, 0.1) is 14.4 Å². The predicted octanol–water partition coefficient (Wildman–Crippen LogP) is 2.89. The molecule has 6 heteroatoms. The van der Waals surface area contributed by atoms with Crippen molar-refractivity contribution >= 4 is 38.9 Å². The average molecular weight is 317 g/mol. The molecule has 0 atom stereocenters. The number of thiophene rings is 1. The molecular formula is C11H13BrN2O2S. The molecule has 0 radical (unpaired) electrons. The predicted molar refractivity (Wildman–Crippen MR) is 71.1 cm³/mol.